The maximum Gasteiger partial charge on any atom is 0.355 e. The number of halogens is 1. The highest BCUT2D eigenvalue weighted by molar-refractivity contribution is 7.89. The molecule has 1 fully saturated rings. The fourth-order valence-electron chi connectivity index (χ4n) is 4.11. The maximum atomic E-state index is 13.5. The molecular formula is C22H29FN2O4S. The van der Waals surface area contributed by atoms with Crippen molar-refractivity contribution in [3.05, 3.63) is 52.6 Å². The Hall–Kier alpha value is -2.19. The van der Waals surface area contributed by atoms with E-state index in [0.717, 1.165) is 55.5 Å². The van der Waals surface area contributed by atoms with Crippen LogP contribution in [0, 0.1) is 19.7 Å². The van der Waals surface area contributed by atoms with E-state index >= 15 is 0 Å². The van der Waals surface area contributed by atoms with Crippen molar-refractivity contribution < 1.29 is 22.3 Å². The number of H-pyrrole nitrogens is 1. The molecule has 0 saturated heterocycles. The van der Waals surface area contributed by atoms with Crippen molar-refractivity contribution in [3.8, 4) is 0 Å². The lowest BCUT2D eigenvalue weighted by atomic mass is 9.95. The second-order valence-electron chi connectivity index (χ2n) is 7.75. The Morgan fingerprint density at radius 3 is 2.40 bits per heavy atom. The number of carbonyl (C=O) groups is 1. The van der Waals surface area contributed by atoms with Crippen molar-refractivity contribution in [1.29, 1.82) is 0 Å². The summed E-state index contributed by atoms with van der Waals surface area (Å²) in [4.78, 5) is 15.4. The number of hydrogen-bond donors (Lipinski definition) is 1. The van der Waals surface area contributed by atoms with Gasteiger partial charge in [-0.15, -0.1) is 0 Å². The van der Waals surface area contributed by atoms with Crippen molar-refractivity contribution in [1.82, 2.24) is 9.29 Å². The molecule has 0 bridgehead atoms. The monoisotopic (exact) mass is 436 g/mol. The number of ether oxygens (including phenoxy) is 1. The third kappa shape index (κ3) is 4.59. The van der Waals surface area contributed by atoms with Crippen LogP contribution in [0.4, 0.5) is 4.39 Å². The molecule has 1 aliphatic carbocycles. The Balaban J connectivity index is 2.00. The summed E-state index contributed by atoms with van der Waals surface area (Å²) in [5.41, 5.74) is 2.56. The zero-order valence-electron chi connectivity index (χ0n) is 17.7. The first-order valence-electron chi connectivity index (χ1n) is 10.4. The molecule has 2 aromatic rings. The molecule has 1 N–H and O–H groups in total. The number of nitrogens with zero attached hydrogens (tertiary/aromatic N) is 1. The van der Waals surface area contributed by atoms with E-state index in [9.17, 15) is 17.6 Å². The molecule has 1 saturated carbocycles. The molecule has 30 heavy (non-hydrogen) atoms. The van der Waals surface area contributed by atoms with Gasteiger partial charge in [-0.2, -0.15) is 4.31 Å². The minimum absolute atomic E-state index is 0.0749. The van der Waals surface area contributed by atoms with Gasteiger partial charge in [-0.1, -0.05) is 19.3 Å². The smallest absolute Gasteiger partial charge is 0.355 e. The SMILES string of the molecule is CCOC(=O)c1[nH]c(C)c(CN(C2CCCCC2)S(=O)(=O)c2ccc(F)cc2)c1C. The minimum atomic E-state index is -3.83. The zero-order chi connectivity index (χ0) is 21.9. The molecule has 1 aromatic heterocycles. The molecule has 6 nitrogen and oxygen atoms in total. The van der Waals surface area contributed by atoms with Crippen LogP contribution in [0.5, 0.6) is 0 Å². The van der Waals surface area contributed by atoms with Gasteiger partial charge in [0.05, 0.1) is 11.5 Å². The van der Waals surface area contributed by atoms with Crippen molar-refractivity contribution in [2.45, 2.75) is 70.4 Å². The Morgan fingerprint density at radius 1 is 1.17 bits per heavy atom. The highest BCUT2D eigenvalue weighted by Gasteiger charge is 2.34. The molecular weight excluding hydrogens is 407 g/mol. The molecule has 3 rings (SSSR count). The number of aromatic nitrogens is 1. The summed E-state index contributed by atoms with van der Waals surface area (Å²) in [6.07, 6.45) is 4.61. The number of rotatable bonds is 7. The van der Waals surface area contributed by atoms with Crippen LogP contribution in [0.3, 0.4) is 0 Å². The summed E-state index contributed by atoms with van der Waals surface area (Å²) in [6, 6.07) is 4.81. The standard InChI is InChI=1S/C22H29FN2O4S/c1-4-29-22(26)21-15(2)20(16(3)24-21)14-25(18-8-6-5-7-9-18)30(27,28)19-12-10-17(23)11-13-19/h10-13,18,24H,4-9,14H2,1-3H3. The predicted molar refractivity (Wildman–Crippen MR) is 112 cm³/mol. The van der Waals surface area contributed by atoms with Crippen LogP contribution in [0.2, 0.25) is 0 Å². The average molecular weight is 437 g/mol. The van der Waals surface area contributed by atoms with E-state index in [1.54, 1.807) is 13.8 Å². The first kappa shape index (κ1) is 22.5. The third-order valence-corrected chi connectivity index (χ3v) is 7.70. The lowest BCUT2D eigenvalue weighted by molar-refractivity contribution is 0.0519. The number of sulfonamides is 1. The van der Waals surface area contributed by atoms with E-state index < -0.39 is 21.8 Å². The summed E-state index contributed by atoms with van der Waals surface area (Å²) in [5, 5.41) is 0. The second-order valence-corrected chi connectivity index (χ2v) is 9.64. The van der Waals surface area contributed by atoms with Crippen LogP contribution in [-0.4, -0.2) is 36.3 Å². The topological polar surface area (TPSA) is 79.5 Å². The molecule has 8 heteroatoms. The van der Waals surface area contributed by atoms with Crippen LogP contribution < -0.4 is 0 Å². The molecule has 0 spiro atoms. The van der Waals surface area contributed by atoms with Gasteiger partial charge in [0.15, 0.2) is 0 Å². The minimum Gasteiger partial charge on any atom is -0.461 e. The van der Waals surface area contributed by atoms with Crippen molar-refractivity contribution in [3.63, 3.8) is 0 Å². The van der Waals surface area contributed by atoms with Gasteiger partial charge in [-0.3, -0.25) is 0 Å². The Morgan fingerprint density at radius 2 is 1.80 bits per heavy atom. The summed E-state index contributed by atoms with van der Waals surface area (Å²) in [5.74, 6) is -0.926. The number of carbonyl (C=O) groups excluding carboxylic acids is 1. The number of aromatic amines is 1. The molecule has 1 aliphatic rings. The van der Waals surface area contributed by atoms with Crippen molar-refractivity contribution >= 4 is 16.0 Å². The van der Waals surface area contributed by atoms with Crippen LogP contribution >= 0.6 is 0 Å². The van der Waals surface area contributed by atoms with Crippen molar-refractivity contribution in [2.24, 2.45) is 0 Å². The van der Waals surface area contributed by atoms with E-state index in [0.29, 0.717) is 11.3 Å². The lowest BCUT2D eigenvalue weighted by Crippen LogP contribution is -2.41. The van der Waals surface area contributed by atoms with Gasteiger partial charge in [-0.25, -0.2) is 17.6 Å². The van der Waals surface area contributed by atoms with Crippen LogP contribution in [0.25, 0.3) is 0 Å². The van der Waals surface area contributed by atoms with E-state index in [2.05, 4.69) is 4.98 Å². The third-order valence-electron chi connectivity index (χ3n) is 5.79. The molecule has 1 heterocycles. The molecule has 164 valence electrons. The summed E-state index contributed by atoms with van der Waals surface area (Å²) in [7, 11) is -3.83. The van der Waals surface area contributed by atoms with Crippen LogP contribution in [0.15, 0.2) is 29.2 Å². The van der Waals surface area contributed by atoms with Gasteiger partial charge in [0.1, 0.15) is 11.5 Å². The Kier molecular flexibility index (Phi) is 6.98. The Bertz CT molecular complexity index is 993. The zero-order valence-corrected chi connectivity index (χ0v) is 18.5. The van der Waals surface area contributed by atoms with Crippen LogP contribution in [0.1, 0.15) is 66.3 Å². The van der Waals surface area contributed by atoms with Crippen molar-refractivity contribution in [2.75, 3.05) is 6.61 Å². The van der Waals surface area contributed by atoms with Crippen LogP contribution in [-0.2, 0) is 21.3 Å². The molecule has 0 aliphatic heterocycles. The molecule has 0 atom stereocenters. The van der Waals surface area contributed by atoms with Gasteiger partial charge in [-0.05, 0) is 69.0 Å². The summed E-state index contributed by atoms with van der Waals surface area (Å²) >= 11 is 0. The Labute approximate surface area is 177 Å². The van der Waals surface area contributed by atoms with Gasteiger partial charge < -0.3 is 9.72 Å². The molecule has 0 radical (unpaired) electrons. The van der Waals surface area contributed by atoms with E-state index in [-0.39, 0.29) is 24.1 Å². The lowest BCUT2D eigenvalue weighted by Gasteiger charge is -2.33. The first-order chi connectivity index (χ1) is 14.3. The summed E-state index contributed by atoms with van der Waals surface area (Å²) < 4.78 is 47.0. The fourth-order valence-corrected chi connectivity index (χ4v) is 5.76. The number of hydrogen-bond acceptors (Lipinski definition) is 4. The second kappa shape index (κ2) is 9.31. The van der Waals surface area contributed by atoms with Gasteiger partial charge in [0.2, 0.25) is 10.0 Å². The first-order valence-corrected chi connectivity index (χ1v) is 11.8. The molecule has 1 aromatic carbocycles. The normalized spacial score (nSPS) is 15.5. The highest BCUT2D eigenvalue weighted by Crippen LogP contribution is 2.31. The van der Waals surface area contributed by atoms with E-state index in [1.807, 2.05) is 6.92 Å². The van der Waals surface area contributed by atoms with Gasteiger partial charge in [0, 0.05) is 18.3 Å². The van der Waals surface area contributed by atoms with Gasteiger partial charge in [0.25, 0.3) is 0 Å². The predicted octanol–water partition coefficient (Wildman–Crippen LogP) is 4.47. The molecule has 0 amide bonds. The fraction of sp³-hybridized carbons (Fsp3) is 0.500. The number of nitrogens with one attached hydrogen (secondary N) is 1. The molecule has 0 unspecified atom stereocenters. The number of benzene rings is 1. The van der Waals surface area contributed by atoms with E-state index in [4.69, 9.17) is 4.74 Å². The number of esters is 1. The number of aryl methyl sites for hydroxylation is 1. The van der Waals surface area contributed by atoms with E-state index in [1.165, 1.54) is 16.4 Å². The largest absolute Gasteiger partial charge is 0.461 e. The van der Waals surface area contributed by atoms with Gasteiger partial charge >= 0.3 is 5.97 Å². The average Bonchev–Trinajstić information content (AvgIpc) is 3.01. The maximum absolute atomic E-state index is 13.5. The summed E-state index contributed by atoms with van der Waals surface area (Å²) in [6.45, 7) is 5.78. The highest BCUT2D eigenvalue weighted by atomic mass is 32.2. The quantitative estimate of drug-likeness (QED) is 0.650.